The molecule has 1 unspecified atom stereocenters. The first-order chi connectivity index (χ1) is 13.8. The lowest BCUT2D eigenvalue weighted by atomic mass is 10.0. The molecule has 1 atom stereocenters. The number of rotatable bonds is 8. The highest BCUT2D eigenvalue weighted by atomic mass is 35.5. The van der Waals surface area contributed by atoms with Gasteiger partial charge in [0, 0.05) is 16.1 Å². The molecule has 0 aromatic heterocycles. The van der Waals surface area contributed by atoms with Crippen LogP contribution in [0, 0.1) is 5.92 Å². The highest BCUT2D eigenvalue weighted by Gasteiger charge is 2.22. The van der Waals surface area contributed by atoms with Crippen molar-refractivity contribution in [3.8, 4) is 11.5 Å². The van der Waals surface area contributed by atoms with Crippen LogP contribution in [-0.2, 0) is 4.79 Å². The highest BCUT2D eigenvalue weighted by molar-refractivity contribution is 6.30. The molecule has 29 heavy (non-hydrogen) atoms. The first-order valence-corrected chi connectivity index (χ1v) is 9.45. The smallest absolute Gasteiger partial charge is 0.262 e. The molecule has 2 aromatic carbocycles. The van der Waals surface area contributed by atoms with Gasteiger partial charge in [-0.25, -0.2) is 5.43 Å². The van der Waals surface area contributed by atoms with Crippen molar-refractivity contribution in [2.45, 2.75) is 26.3 Å². The Morgan fingerprint density at radius 2 is 1.90 bits per heavy atom. The van der Waals surface area contributed by atoms with E-state index >= 15 is 0 Å². The van der Waals surface area contributed by atoms with Gasteiger partial charge < -0.3 is 15.2 Å². The SMILES string of the molecule is COc1cccc(/C=N/NC(=O)C(CC(C)C)NC(=O)c2ccc(Cl)cc2)c1O. The molecule has 8 heteroatoms. The van der Waals surface area contributed by atoms with Crippen molar-refractivity contribution >= 4 is 29.6 Å². The fraction of sp³-hybridized carbons (Fsp3) is 0.286. The second-order valence-electron chi connectivity index (χ2n) is 6.79. The van der Waals surface area contributed by atoms with Crippen molar-refractivity contribution in [3.05, 3.63) is 58.6 Å². The number of ether oxygens (including phenoxy) is 1. The van der Waals surface area contributed by atoms with E-state index in [1.54, 1.807) is 42.5 Å². The molecule has 0 bridgehead atoms. The third-order valence-corrected chi connectivity index (χ3v) is 4.32. The largest absolute Gasteiger partial charge is 0.504 e. The minimum atomic E-state index is -0.769. The summed E-state index contributed by atoms with van der Waals surface area (Å²) in [5.74, 6) is -0.449. The van der Waals surface area contributed by atoms with Crippen LogP contribution in [0.15, 0.2) is 47.6 Å². The maximum atomic E-state index is 12.6. The van der Waals surface area contributed by atoms with E-state index in [0.29, 0.717) is 28.3 Å². The van der Waals surface area contributed by atoms with Crippen LogP contribution < -0.4 is 15.5 Å². The Kier molecular flexibility index (Phi) is 8.03. The number of phenols is 1. The number of methoxy groups -OCH3 is 1. The summed E-state index contributed by atoms with van der Waals surface area (Å²) in [5, 5.41) is 17.2. The number of halogens is 1. The van der Waals surface area contributed by atoms with Crippen LogP contribution in [0.3, 0.4) is 0 Å². The molecule has 3 N–H and O–H groups in total. The van der Waals surface area contributed by atoms with Gasteiger partial charge in [-0.05, 0) is 48.7 Å². The van der Waals surface area contributed by atoms with Crippen molar-refractivity contribution in [3.63, 3.8) is 0 Å². The van der Waals surface area contributed by atoms with Gasteiger partial charge in [0.15, 0.2) is 11.5 Å². The second kappa shape index (κ2) is 10.5. The summed E-state index contributed by atoms with van der Waals surface area (Å²) in [4.78, 5) is 25.0. The molecule has 0 saturated carbocycles. The topological polar surface area (TPSA) is 100 Å². The molecule has 2 rings (SSSR count). The van der Waals surface area contributed by atoms with Crippen LogP contribution >= 0.6 is 11.6 Å². The van der Waals surface area contributed by atoms with Crippen LogP contribution in [0.25, 0.3) is 0 Å². The van der Waals surface area contributed by atoms with E-state index in [2.05, 4.69) is 15.8 Å². The Labute approximate surface area is 174 Å². The summed E-state index contributed by atoms with van der Waals surface area (Å²) in [5.41, 5.74) is 3.20. The van der Waals surface area contributed by atoms with E-state index in [4.69, 9.17) is 16.3 Å². The fourth-order valence-electron chi connectivity index (χ4n) is 2.60. The van der Waals surface area contributed by atoms with E-state index in [1.807, 2.05) is 13.8 Å². The van der Waals surface area contributed by atoms with Gasteiger partial charge in [-0.15, -0.1) is 0 Å². The third kappa shape index (κ3) is 6.50. The average molecular weight is 418 g/mol. The Balaban J connectivity index is 2.06. The monoisotopic (exact) mass is 417 g/mol. The Hall–Kier alpha value is -3.06. The summed E-state index contributed by atoms with van der Waals surface area (Å²) in [6.45, 7) is 3.90. The number of amides is 2. The number of phenolic OH excluding ortho intramolecular Hbond substituents is 1. The minimum Gasteiger partial charge on any atom is -0.504 e. The predicted molar refractivity (Wildman–Crippen MR) is 113 cm³/mol. The quantitative estimate of drug-likeness (QED) is 0.453. The first kappa shape index (κ1) is 22.2. The number of nitrogens with zero attached hydrogens (tertiary/aromatic N) is 1. The molecule has 0 aliphatic carbocycles. The zero-order valence-electron chi connectivity index (χ0n) is 16.5. The number of hydrazone groups is 1. The van der Waals surface area contributed by atoms with Gasteiger partial charge in [-0.2, -0.15) is 5.10 Å². The van der Waals surface area contributed by atoms with E-state index in [9.17, 15) is 14.7 Å². The van der Waals surface area contributed by atoms with Crippen LogP contribution in [0.5, 0.6) is 11.5 Å². The molecule has 2 aromatic rings. The Morgan fingerprint density at radius 3 is 2.52 bits per heavy atom. The van der Waals surface area contributed by atoms with E-state index in [0.717, 1.165) is 0 Å². The van der Waals surface area contributed by atoms with Gasteiger partial charge in [0.05, 0.1) is 13.3 Å². The third-order valence-electron chi connectivity index (χ3n) is 4.06. The van der Waals surface area contributed by atoms with Gasteiger partial charge in [0.1, 0.15) is 6.04 Å². The number of benzene rings is 2. The molecular formula is C21H24ClN3O4. The summed E-state index contributed by atoms with van der Waals surface area (Å²) < 4.78 is 5.03. The lowest BCUT2D eigenvalue weighted by molar-refractivity contribution is -0.123. The number of hydrogen-bond donors (Lipinski definition) is 3. The van der Waals surface area contributed by atoms with Crippen molar-refractivity contribution in [1.82, 2.24) is 10.7 Å². The maximum absolute atomic E-state index is 12.6. The van der Waals surface area contributed by atoms with Crippen LogP contribution in [-0.4, -0.2) is 36.3 Å². The first-order valence-electron chi connectivity index (χ1n) is 9.07. The lowest BCUT2D eigenvalue weighted by Crippen LogP contribution is -2.46. The molecule has 2 amide bonds. The summed E-state index contributed by atoms with van der Waals surface area (Å²) in [7, 11) is 1.44. The molecule has 0 radical (unpaired) electrons. The van der Waals surface area contributed by atoms with Gasteiger partial charge in [0.25, 0.3) is 11.8 Å². The van der Waals surface area contributed by atoms with Crippen LogP contribution in [0.1, 0.15) is 36.2 Å². The van der Waals surface area contributed by atoms with E-state index < -0.39 is 11.9 Å². The van der Waals surface area contributed by atoms with Crippen LogP contribution in [0.4, 0.5) is 0 Å². The minimum absolute atomic E-state index is 0.0808. The van der Waals surface area contributed by atoms with E-state index in [-0.39, 0.29) is 17.6 Å². The van der Waals surface area contributed by atoms with Crippen molar-refractivity contribution < 1.29 is 19.4 Å². The normalized spacial score (nSPS) is 12.0. The van der Waals surface area contributed by atoms with Gasteiger partial charge in [0.2, 0.25) is 0 Å². The maximum Gasteiger partial charge on any atom is 0.262 e. The van der Waals surface area contributed by atoms with Crippen molar-refractivity contribution in [2.24, 2.45) is 11.0 Å². The highest BCUT2D eigenvalue weighted by Crippen LogP contribution is 2.27. The fourth-order valence-corrected chi connectivity index (χ4v) is 2.72. The number of aromatic hydroxyl groups is 1. The molecule has 0 aliphatic rings. The Morgan fingerprint density at radius 1 is 1.21 bits per heavy atom. The molecule has 7 nitrogen and oxygen atoms in total. The Bertz CT molecular complexity index is 882. The van der Waals surface area contributed by atoms with Crippen molar-refractivity contribution in [1.29, 1.82) is 0 Å². The predicted octanol–water partition coefficient (Wildman–Crippen LogP) is 3.35. The zero-order valence-corrected chi connectivity index (χ0v) is 17.2. The molecule has 0 heterocycles. The molecule has 0 aliphatic heterocycles. The molecular weight excluding hydrogens is 394 g/mol. The number of para-hydroxylation sites is 1. The molecule has 0 fully saturated rings. The number of nitrogens with one attached hydrogen (secondary N) is 2. The molecule has 0 spiro atoms. The summed E-state index contributed by atoms with van der Waals surface area (Å²) >= 11 is 5.84. The molecule has 154 valence electrons. The molecule has 0 saturated heterocycles. The summed E-state index contributed by atoms with van der Waals surface area (Å²) in [6, 6.07) is 10.6. The standard InChI is InChI=1S/C21H24ClN3O4/c1-13(2)11-17(24-20(27)14-7-9-16(22)10-8-14)21(28)25-23-12-15-5-4-6-18(29-3)19(15)26/h4-10,12-13,17,26H,11H2,1-3H3,(H,24,27)(H,25,28)/b23-12+. The van der Waals surface area contributed by atoms with Gasteiger partial charge in [-0.1, -0.05) is 31.5 Å². The second-order valence-corrected chi connectivity index (χ2v) is 7.23. The summed E-state index contributed by atoms with van der Waals surface area (Å²) in [6.07, 6.45) is 1.74. The lowest BCUT2D eigenvalue weighted by Gasteiger charge is -2.19. The average Bonchev–Trinajstić information content (AvgIpc) is 2.68. The van der Waals surface area contributed by atoms with Crippen LogP contribution in [0.2, 0.25) is 5.02 Å². The zero-order chi connectivity index (χ0) is 21.4. The van der Waals surface area contributed by atoms with Gasteiger partial charge >= 0.3 is 0 Å². The number of carbonyl (C=O) groups is 2. The van der Waals surface area contributed by atoms with Gasteiger partial charge in [-0.3, -0.25) is 9.59 Å². The number of hydrogen-bond acceptors (Lipinski definition) is 5. The van der Waals surface area contributed by atoms with Crippen molar-refractivity contribution in [2.75, 3.05) is 7.11 Å². The van der Waals surface area contributed by atoms with E-state index in [1.165, 1.54) is 13.3 Å². The number of carbonyl (C=O) groups excluding carboxylic acids is 2.